The van der Waals surface area contributed by atoms with Gasteiger partial charge in [-0.25, -0.2) is 28.1 Å². The number of urea groups is 1. The predicted molar refractivity (Wildman–Crippen MR) is 110 cm³/mol. The van der Waals surface area contributed by atoms with E-state index in [2.05, 4.69) is 15.6 Å². The third kappa shape index (κ3) is 5.22. The van der Waals surface area contributed by atoms with Crippen LogP contribution in [0.15, 0.2) is 24.5 Å². The van der Waals surface area contributed by atoms with Gasteiger partial charge in [-0.1, -0.05) is 5.21 Å². The molecule has 32 heavy (non-hydrogen) atoms. The highest BCUT2D eigenvalue weighted by Crippen LogP contribution is 2.31. The molecule has 0 aliphatic carbocycles. The lowest BCUT2D eigenvalue weighted by Gasteiger charge is -2.26. The number of carbonyl (C=O) groups is 2. The number of hydroxylamine groups is 2. The lowest BCUT2D eigenvalue weighted by atomic mass is 10.2. The van der Waals surface area contributed by atoms with Crippen LogP contribution < -0.4 is 15.1 Å². The fourth-order valence-corrected chi connectivity index (χ4v) is 3.31. The van der Waals surface area contributed by atoms with Gasteiger partial charge >= 0.3 is 12.1 Å². The average molecular weight is 453 g/mol. The SMILES string of the molecule is CCN(CCON(C)C(=O)NC)c1c(F)cc(N2C[C@H](Cn3ccnn3)OC2=O)cc1F. The number of ether oxygens (including phenoxy) is 1. The summed E-state index contributed by atoms with van der Waals surface area (Å²) in [6, 6.07) is 1.74. The molecule has 174 valence electrons. The van der Waals surface area contributed by atoms with Gasteiger partial charge in [-0.3, -0.25) is 9.74 Å². The second-order valence-electron chi connectivity index (χ2n) is 6.97. The zero-order valence-corrected chi connectivity index (χ0v) is 18.0. The smallest absolute Gasteiger partial charge is 0.414 e. The number of rotatable bonds is 9. The van der Waals surface area contributed by atoms with E-state index in [0.29, 0.717) is 6.54 Å². The van der Waals surface area contributed by atoms with Crippen LogP contribution in [-0.2, 0) is 16.1 Å². The molecule has 0 unspecified atom stereocenters. The summed E-state index contributed by atoms with van der Waals surface area (Å²) in [4.78, 5) is 31.6. The van der Waals surface area contributed by atoms with E-state index in [9.17, 15) is 18.4 Å². The van der Waals surface area contributed by atoms with E-state index in [0.717, 1.165) is 17.2 Å². The van der Waals surface area contributed by atoms with Gasteiger partial charge in [0.25, 0.3) is 0 Å². The number of hydrogen-bond donors (Lipinski definition) is 1. The second kappa shape index (κ2) is 10.2. The molecule has 1 aromatic carbocycles. The maximum Gasteiger partial charge on any atom is 0.414 e. The van der Waals surface area contributed by atoms with E-state index in [4.69, 9.17) is 9.57 Å². The van der Waals surface area contributed by atoms with Gasteiger partial charge in [-0.2, -0.15) is 0 Å². The van der Waals surface area contributed by atoms with Crippen molar-refractivity contribution in [1.29, 1.82) is 0 Å². The Morgan fingerprint density at radius 2 is 2.09 bits per heavy atom. The Kier molecular flexibility index (Phi) is 7.41. The van der Waals surface area contributed by atoms with Gasteiger partial charge in [0, 0.05) is 45.5 Å². The molecule has 1 aliphatic rings. The van der Waals surface area contributed by atoms with Crippen molar-refractivity contribution < 1.29 is 27.9 Å². The van der Waals surface area contributed by atoms with Gasteiger partial charge in [-0.15, -0.1) is 5.10 Å². The molecule has 11 nitrogen and oxygen atoms in total. The molecule has 2 heterocycles. The van der Waals surface area contributed by atoms with Gasteiger partial charge in [0.2, 0.25) is 0 Å². The highest BCUT2D eigenvalue weighted by atomic mass is 19.1. The number of anilines is 2. The number of likely N-dealkylation sites (N-methyl/N-ethyl adjacent to an activating group) is 1. The van der Waals surface area contributed by atoms with Crippen molar-refractivity contribution in [3.8, 4) is 0 Å². The van der Waals surface area contributed by atoms with Crippen molar-refractivity contribution in [2.45, 2.75) is 19.6 Å². The molecular formula is C19H25F2N7O4. The lowest BCUT2D eigenvalue weighted by Crippen LogP contribution is -2.37. The Morgan fingerprint density at radius 3 is 2.69 bits per heavy atom. The largest absolute Gasteiger partial charge is 0.442 e. The maximum absolute atomic E-state index is 14.9. The van der Waals surface area contributed by atoms with E-state index in [1.54, 1.807) is 13.1 Å². The first-order valence-electron chi connectivity index (χ1n) is 9.98. The molecule has 13 heteroatoms. The van der Waals surface area contributed by atoms with Crippen LogP contribution in [0.3, 0.4) is 0 Å². The molecule has 1 aromatic heterocycles. The standard InChI is InChI=1S/C19H25F2N7O4/c1-4-26(7-8-31-25(3)18(29)22-2)17-15(20)9-13(10-16(17)21)28-12-14(32-19(28)30)11-27-6-5-23-24-27/h5-6,9-10,14H,4,7-8,11-12H2,1-3H3,(H,22,29)/t14-/m0/s1. The molecule has 0 saturated carbocycles. The van der Waals surface area contributed by atoms with Gasteiger partial charge in [0.05, 0.1) is 31.6 Å². The highest BCUT2D eigenvalue weighted by Gasteiger charge is 2.34. The fraction of sp³-hybridized carbons (Fsp3) is 0.474. The monoisotopic (exact) mass is 453 g/mol. The van der Waals surface area contributed by atoms with Crippen molar-refractivity contribution in [3.63, 3.8) is 0 Å². The van der Waals surface area contributed by atoms with Crippen LogP contribution in [0.25, 0.3) is 0 Å². The number of hydrogen-bond acceptors (Lipinski definition) is 7. The number of carbonyl (C=O) groups excluding carboxylic acids is 2. The van der Waals surface area contributed by atoms with Gasteiger partial charge in [0.15, 0.2) is 11.6 Å². The third-order valence-corrected chi connectivity index (χ3v) is 4.89. The van der Waals surface area contributed by atoms with E-state index in [1.807, 2.05) is 0 Å². The van der Waals surface area contributed by atoms with Gasteiger partial charge in [-0.05, 0) is 6.92 Å². The van der Waals surface area contributed by atoms with Crippen molar-refractivity contribution >= 4 is 23.5 Å². The molecule has 3 amide bonds. The van der Waals surface area contributed by atoms with Crippen LogP contribution >= 0.6 is 0 Å². The van der Waals surface area contributed by atoms with E-state index in [1.165, 1.54) is 34.8 Å². The summed E-state index contributed by atoms with van der Waals surface area (Å²) in [5.41, 5.74) is -0.185. The first-order chi connectivity index (χ1) is 15.3. The minimum Gasteiger partial charge on any atom is -0.442 e. The van der Waals surface area contributed by atoms with Crippen molar-refractivity contribution in [2.24, 2.45) is 0 Å². The molecule has 1 saturated heterocycles. The van der Waals surface area contributed by atoms with Gasteiger partial charge < -0.3 is 15.0 Å². The Hall–Kier alpha value is -3.48. The van der Waals surface area contributed by atoms with Crippen LogP contribution in [0, 0.1) is 11.6 Å². The highest BCUT2D eigenvalue weighted by molar-refractivity contribution is 5.90. The number of amides is 3. The summed E-state index contributed by atoms with van der Waals surface area (Å²) in [6.07, 6.45) is 1.90. The molecule has 1 aliphatic heterocycles. The normalized spacial score (nSPS) is 15.6. The topological polar surface area (TPSA) is 105 Å². The number of nitrogens with one attached hydrogen (secondary N) is 1. The van der Waals surface area contributed by atoms with Crippen LogP contribution in [-0.4, -0.2) is 78.6 Å². The zero-order valence-electron chi connectivity index (χ0n) is 18.0. The summed E-state index contributed by atoms with van der Waals surface area (Å²) in [5.74, 6) is -1.65. The Bertz CT molecular complexity index is 921. The van der Waals surface area contributed by atoms with E-state index >= 15 is 0 Å². The molecule has 1 atom stereocenters. The third-order valence-electron chi connectivity index (χ3n) is 4.89. The Morgan fingerprint density at radius 1 is 1.38 bits per heavy atom. The molecule has 1 N–H and O–H groups in total. The summed E-state index contributed by atoms with van der Waals surface area (Å²) in [7, 11) is 2.89. The molecule has 3 rings (SSSR count). The zero-order chi connectivity index (χ0) is 23.3. The number of nitrogens with zero attached hydrogens (tertiary/aromatic N) is 6. The summed E-state index contributed by atoms with van der Waals surface area (Å²) in [5, 5.41) is 10.9. The number of benzene rings is 1. The Labute approximate surface area is 183 Å². The first kappa shape index (κ1) is 23.2. The molecule has 0 spiro atoms. The summed E-state index contributed by atoms with van der Waals surface area (Å²) in [6.45, 7) is 2.60. The van der Waals surface area contributed by atoms with Crippen molar-refractivity contribution in [1.82, 2.24) is 25.4 Å². The number of cyclic esters (lactones) is 1. The lowest BCUT2D eigenvalue weighted by molar-refractivity contribution is -0.0943. The predicted octanol–water partition coefficient (Wildman–Crippen LogP) is 1.61. The van der Waals surface area contributed by atoms with Crippen LogP contribution in [0.4, 0.5) is 29.7 Å². The average Bonchev–Trinajstić information content (AvgIpc) is 3.40. The van der Waals surface area contributed by atoms with Crippen molar-refractivity contribution in [3.05, 3.63) is 36.2 Å². The van der Waals surface area contributed by atoms with E-state index in [-0.39, 0.29) is 37.6 Å². The second-order valence-corrected chi connectivity index (χ2v) is 6.97. The Balaban J connectivity index is 1.68. The van der Waals surface area contributed by atoms with Crippen molar-refractivity contribution in [2.75, 3.05) is 50.1 Å². The minimum absolute atomic E-state index is 0.0286. The van der Waals surface area contributed by atoms with Crippen LogP contribution in [0.1, 0.15) is 6.92 Å². The number of halogens is 2. The summed E-state index contributed by atoms with van der Waals surface area (Å²) >= 11 is 0. The van der Waals surface area contributed by atoms with Gasteiger partial charge in [0.1, 0.15) is 11.8 Å². The fourth-order valence-electron chi connectivity index (χ4n) is 3.31. The minimum atomic E-state index is -0.825. The molecular weight excluding hydrogens is 428 g/mol. The summed E-state index contributed by atoms with van der Waals surface area (Å²) < 4.78 is 36.6. The first-order valence-corrected chi connectivity index (χ1v) is 9.98. The maximum atomic E-state index is 14.9. The van der Waals surface area contributed by atoms with Crippen LogP contribution in [0.2, 0.25) is 0 Å². The van der Waals surface area contributed by atoms with E-state index < -0.39 is 29.9 Å². The molecule has 2 aromatic rings. The number of aromatic nitrogens is 3. The molecule has 0 bridgehead atoms. The van der Waals surface area contributed by atoms with Crippen LogP contribution in [0.5, 0.6) is 0 Å². The quantitative estimate of drug-likeness (QED) is 0.575. The molecule has 0 radical (unpaired) electrons. The molecule has 1 fully saturated rings.